The van der Waals surface area contributed by atoms with Crippen molar-refractivity contribution in [2.24, 2.45) is 7.05 Å². The third kappa shape index (κ3) is 2.15. The Bertz CT molecular complexity index is 813. The van der Waals surface area contributed by atoms with Gasteiger partial charge in [0, 0.05) is 37.3 Å². The molecule has 1 N–H and O–H groups in total. The van der Waals surface area contributed by atoms with Crippen molar-refractivity contribution < 1.29 is 4.39 Å². The van der Waals surface area contributed by atoms with Crippen LogP contribution in [-0.4, -0.2) is 32.8 Å². The van der Waals surface area contributed by atoms with Gasteiger partial charge in [-0.05, 0) is 25.3 Å². The fraction of sp³-hybridized carbons (Fsp3) is 0.375. The molecular weight excluding hydrogens is 281 g/mol. The number of aromatic amines is 1. The highest BCUT2D eigenvalue weighted by Gasteiger charge is 2.20. The fourth-order valence-electron chi connectivity index (χ4n) is 3.19. The first-order valence-corrected chi connectivity index (χ1v) is 7.63. The number of anilines is 1. The first-order chi connectivity index (χ1) is 10.7. The topological polar surface area (TPSA) is 49.7 Å². The first-order valence-electron chi connectivity index (χ1n) is 7.63. The predicted octanol–water partition coefficient (Wildman–Crippen LogP) is 3.09. The van der Waals surface area contributed by atoms with Crippen LogP contribution < -0.4 is 4.90 Å². The molecule has 3 aromatic heterocycles. The number of hydrogen-bond acceptors (Lipinski definition) is 3. The summed E-state index contributed by atoms with van der Waals surface area (Å²) < 4.78 is 16.1. The number of aryl methyl sites for hydroxylation is 1. The molecule has 0 amide bonds. The Morgan fingerprint density at radius 3 is 2.73 bits per heavy atom. The lowest BCUT2D eigenvalue weighted by atomic mass is 10.1. The van der Waals surface area contributed by atoms with Crippen LogP contribution in [0.4, 0.5) is 10.1 Å². The maximum atomic E-state index is 14.4. The summed E-state index contributed by atoms with van der Waals surface area (Å²) in [5, 5.41) is 5.03. The van der Waals surface area contributed by atoms with Gasteiger partial charge in [-0.2, -0.15) is 5.10 Å². The Hall–Kier alpha value is -2.37. The summed E-state index contributed by atoms with van der Waals surface area (Å²) in [6, 6.07) is 1.98. The summed E-state index contributed by atoms with van der Waals surface area (Å²) in [6.45, 7) is 1.81. The maximum absolute atomic E-state index is 14.4. The number of pyridine rings is 1. The Balaban J connectivity index is 1.85. The molecule has 3 aromatic rings. The monoisotopic (exact) mass is 299 g/mol. The molecule has 22 heavy (non-hydrogen) atoms. The quantitative estimate of drug-likeness (QED) is 0.791. The maximum Gasteiger partial charge on any atom is 0.165 e. The molecular formula is C16H18FN5. The van der Waals surface area contributed by atoms with E-state index < -0.39 is 0 Å². The van der Waals surface area contributed by atoms with Crippen molar-refractivity contribution >= 4 is 16.7 Å². The van der Waals surface area contributed by atoms with Crippen LogP contribution in [0.15, 0.2) is 24.7 Å². The van der Waals surface area contributed by atoms with Crippen LogP contribution in [0.5, 0.6) is 0 Å². The van der Waals surface area contributed by atoms with Gasteiger partial charge in [-0.15, -0.1) is 0 Å². The van der Waals surface area contributed by atoms with E-state index in [9.17, 15) is 4.39 Å². The molecule has 0 atom stereocenters. The molecule has 0 spiro atoms. The molecule has 114 valence electrons. The summed E-state index contributed by atoms with van der Waals surface area (Å²) in [5.41, 5.74) is 3.29. The molecule has 0 aromatic carbocycles. The van der Waals surface area contributed by atoms with Gasteiger partial charge in [0.2, 0.25) is 0 Å². The number of hydrogen-bond donors (Lipinski definition) is 1. The normalized spacial score (nSPS) is 15.6. The second kappa shape index (κ2) is 5.12. The molecule has 4 rings (SSSR count). The summed E-state index contributed by atoms with van der Waals surface area (Å²) in [7, 11) is 1.88. The van der Waals surface area contributed by atoms with Crippen molar-refractivity contribution in [3.63, 3.8) is 0 Å². The molecule has 5 nitrogen and oxygen atoms in total. The molecule has 0 aliphatic carbocycles. The van der Waals surface area contributed by atoms with Crippen molar-refractivity contribution in [3.8, 4) is 11.3 Å². The van der Waals surface area contributed by atoms with Crippen LogP contribution in [0.25, 0.3) is 22.3 Å². The van der Waals surface area contributed by atoms with E-state index in [4.69, 9.17) is 0 Å². The zero-order chi connectivity index (χ0) is 15.1. The van der Waals surface area contributed by atoms with E-state index in [0.717, 1.165) is 48.2 Å². The minimum Gasteiger partial charge on any atom is -0.369 e. The van der Waals surface area contributed by atoms with E-state index in [1.165, 1.54) is 12.6 Å². The highest BCUT2D eigenvalue weighted by atomic mass is 19.1. The van der Waals surface area contributed by atoms with Crippen molar-refractivity contribution in [1.82, 2.24) is 19.7 Å². The van der Waals surface area contributed by atoms with Crippen molar-refractivity contribution in [2.75, 3.05) is 18.0 Å². The van der Waals surface area contributed by atoms with Crippen LogP contribution >= 0.6 is 0 Å². The summed E-state index contributed by atoms with van der Waals surface area (Å²) in [5.74, 6) is -0.244. The minimum absolute atomic E-state index is 0.244. The highest BCUT2D eigenvalue weighted by Crippen LogP contribution is 2.33. The number of nitrogens with zero attached hydrogens (tertiary/aromatic N) is 4. The average molecular weight is 299 g/mol. The van der Waals surface area contributed by atoms with Gasteiger partial charge in [0.25, 0.3) is 0 Å². The number of piperidine rings is 1. The van der Waals surface area contributed by atoms with Gasteiger partial charge in [-0.25, -0.2) is 9.37 Å². The van der Waals surface area contributed by atoms with E-state index >= 15 is 0 Å². The summed E-state index contributed by atoms with van der Waals surface area (Å²) in [4.78, 5) is 9.62. The molecule has 4 heterocycles. The lowest BCUT2D eigenvalue weighted by Gasteiger charge is -2.29. The number of H-pyrrole nitrogens is 1. The van der Waals surface area contributed by atoms with Crippen LogP contribution in [0.2, 0.25) is 0 Å². The Kier molecular flexibility index (Phi) is 3.10. The number of aromatic nitrogens is 4. The van der Waals surface area contributed by atoms with Gasteiger partial charge in [-0.1, -0.05) is 0 Å². The summed E-state index contributed by atoms with van der Waals surface area (Å²) in [6.07, 6.45) is 8.49. The lowest BCUT2D eigenvalue weighted by Crippen LogP contribution is -2.30. The molecule has 6 heteroatoms. The molecule has 1 saturated heterocycles. The SMILES string of the molecule is Cn1cc(-c2cc3c(N4CCCCC4)c(F)cnc3[nH]2)cn1. The van der Waals surface area contributed by atoms with E-state index in [1.807, 2.05) is 19.3 Å². The molecule has 0 bridgehead atoms. The summed E-state index contributed by atoms with van der Waals surface area (Å²) >= 11 is 0. The Morgan fingerprint density at radius 1 is 1.18 bits per heavy atom. The van der Waals surface area contributed by atoms with Crippen LogP contribution in [-0.2, 0) is 7.05 Å². The zero-order valence-electron chi connectivity index (χ0n) is 12.5. The van der Waals surface area contributed by atoms with E-state index in [0.29, 0.717) is 5.69 Å². The standard InChI is InChI=1S/C16H18FN5/c1-21-10-11(8-19-21)14-7-12-15(22-5-3-2-4-6-22)13(17)9-18-16(12)20-14/h7-10H,2-6H2,1H3,(H,18,20). The van der Waals surface area contributed by atoms with Crippen molar-refractivity contribution in [3.05, 3.63) is 30.5 Å². The number of rotatable bonds is 2. The largest absolute Gasteiger partial charge is 0.369 e. The molecule has 0 saturated carbocycles. The average Bonchev–Trinajstić information content (AvgIpc) is 3.14. The number of halogens is 1. The molecule has 1 fully saturated rings. The van der Waals surface area contributed by atoms with Gasteiger partial charge < -0.3 is 9.88 Å². The third-order valence-corrected chi connectivity index (χ3v) is 4.27. The third-order valence-electron chi connectivity index (χ3n) is 4.27. The van der Waals surface area contributed by atoms with Gasteiger partial charge in [0.05, 0.1) is 23.8 Å². The smallest absolute Gasteiger partial charge is 0.165 e. The molecule has 0 unspecified atom stereocenters. The second-order valence-corrected chi connectivity index (χ2v) is 5.85. The number of nitrogens with one attached hydrogen (secondary N) is 1. The van der Waals surface area contributed by atoms with Crippen LogP contribution in [0.3, 0.4) is 0 Å². The van der Waals surface area contributed by atoms with E-state index in [1.54, 1.807) is 10.9 Å². The van der Waals surface area contributed by atoms with Crippen molar-refractivity contribution in [2.45, 2.75) is 19.3 Å². The van der Waals surface area contributed by atoms with Gasteiger partial charge in [-0.3, -0.25) is 4.68 Å². The van der Waals surface area contributed by atoms with E-state index in [2.05, 4.69) is 20.0 Å². The Morgan fingerprint density at radius 2 is 2.00 bits per heavy atom. The molecule has 1 aliphatic rings. The predicted molar refractivity (Wildman–Crippen MR) is 84.3 cm³/mol. The van der Waals surface area contributed by atoms with E-state index in [-0.39, 0.29) is 5.82 Å². The van der Waals surface area contributed by atoms with Crippen LogP contribution in [0, 0.1) is 5.82 Å². The van der Waals surface area contributed by atoms with Crippen LogP contribution in [0.1, 0.15) is 19.3 Å². The van der Waals surface area contributed by atoms with Crippen molar-refractivity contribution in [1.29, 1.82) is 0 Å². The highest BCUT2D eigenvalue weighted by molar-refractivity contribution is 5.94. The number of fused-ring (bicyclic) bond motifs is 1. The first kappa shape index (κ1) is 13.3. The lowest BCUT2D eigenvalue weighted by molar-refractivity contribution is 0.557. The van der Waals surface area contributed by atoms with Gasteiger partial charge in [0.15, 0.2) is 5.82 Å². The molecule has 1 aliphatic heterocycles. The Labute approximate surface area is 127 Å². The van der Waals surface area contributed by atoms with Gasteiger partial charge in [0.1, 0.15) is 5.65 Å². The fourth-order valence-corrected chi connectivity index (χ4v) is 3.19. The minimum atomic E-state index is -0.244. The second-order valence-electron chi connectivity index (χ2n) is 5.85. The van der Waals surface area contributed by atoms with Gasteiger partial charge >= 0.3 is 0 Å². The molecule has 0 radical (unpaired) electrons. The zero-order valence-corrected chi connectivity index (χ0v) is 12.5.